The van der Waals surface area contributed by atoms with Gasteiger partial charge in [-0.2, -0.15) is 0 Å². The first-order valence-electron chi connectivity index (χ1n) is 8.65. The molecule has 0 aromatic carbocycles. The molecular weight excluding hydrogens is 242 g/mol. The summed E-state index contributed by atoms with van der Waals surface area (Å²) >= 11 is 0. The number of unbranched alkanes of at least 4 members (excludes halogenated alkanes) is 1. The highest BCUT2D eigenvalue weighted by Gasteiger charge is 2.34. The molecule has 0 heterocycles. The van der Waals surface area contributed by atoms with Crippen LogP contribution in [0, 0.1) is 16.7 Å². The molecule has 0 bridgehead atoms. The molecule has 2 unspecified atom stereocenters. The van der Waals surface area contributed by atoms with Gasteiger partial charge in [-0.05, 0) is 63.3 Å². The Labute approximate surface area is 129 Å². The van der Waals surface area contributed by atoms with Crippen LogP contribution in [0.15, 0.2) is 0 Å². The van der Waals surface area contributed by atoms with Gasteiger partial charge in [0.1, 0.15) is 0 Å². The highest BCUT2D eigenvalue weighted by Crippen LogP contribution is 2.43. The maximum absolute atomic E-state index is 3.47. The zero-order valence-corrected chi connectivity index (χ0v) is 15.8. The molecule has 0 fully saturated rings. The summed E-state index contributed by atoms with van der Waals surface area (Å²) in [5, 5.41) is 3.47. The predicted molar refractivity (Wildman–Crippen MR) is 93.2 cm³/mol. The van der Waals surface area contributed by atoms with Crippen LogP contribution in [0.4, 0.5) is 0 Å². The Hall–Kier alpha value is -0.0400. The summed E-state index contributed by atoms with van der Waals surface area (Å²) < 4.78 is 0. The third kappa shape index (κ3) is 7.67. The zero-order chi connectivity index (χ0) is 16.0. The lowest BCUT2D eigenvalue weighted by atomic mass is 9.66. The molecule has 20 heavy (non-hydrogen) atoms. The monoisotopic (exact) mass is 283 g/mol. The summed E-state index contributed by atoms with van der Waals surface area (Å²) in [6, 6.07) is 0. The van der Waals surface area contributed by atoms with Crippen molar-refractivity contribution in [3.05, 3.63) is 0 Å². The van der Waals surface area contributed by atoms with Crippen LogP contribution in [0.1, 0.15) is 93.9 Å². The van der Waals surface area contributed by atoms with Crippen LogP contribution in [0.2, 0.25) is 0 Å². The van der Waals surface area contributed by atoms with Gasteiger partial charge in [0.2, 0.25) is 0 Å². The molecule has 2 atom stereocenters. The lowest BCUT2D eigenvalue weighted by Gasteiger charge is -2.41. The highest BCUT2D eigenvalue weighted by molar-refractivity contribution is 4.88. The van der Waals surface area contributed by atoms with Crippen LogP contribution in [-0.4, -0.2) is 12.6 Å². The topological polar surface area (TPSA) is 12.0 Å². The third-order valence-corrected chi connectivity index (χ3v) is 5.23. The van der Waals surface area contributed by atoms with Crippen LogP contribution in [0.25, 0.3) is 0 Å². The lowest BCUT2D eigenvalue weighted by molar-refractivity contribution is 0.109. The summed E-state index contributed by atoms with van der Waals surface area (Å²) in [5.41, 5.74) is 1.18. The molecule has 1 heteroatoms. The summed E-state index contributed by atoms with van der Waals surface area (Å²) in [6.45, 7) is 19.1. The molecule has 0 spiro atoms. The first kappa shape index (κ1) is 20.0. The second kappa shape index (κ2) is 7.82. The molecule has 0 aliphatic heterocycles. The van der Waals surface area contributed by atoms with E-state index in [0.717, 1.165) is 5.92 Å². The first-order valence-corrected chi connectivity index (χ1v) is 8.65. The van der Waals surface area contributed by atoms with Crippen LogP contribution in [0.3, 0.4) is 0 Å². The molecule has 0 radical (unpaired) electrons. The molecule has 1 nitrogen and oxygen atoms in total. The zero-order valence-electron chi connectivity index (χ0n) is 15.8. The predicted octanol–water partition coefficient (Wildman–Crippen LogP) is 6.03. The Bertz CT molecular complexity index is 261. The maximum Gasteiger partial charge on any atom is 0.0124 e. The smallest absolute Gasteiger partial charge is 0.0124 e. The van der Waals surface area contributed by atoms with Gasteiger partial charge < -0.3 is 5.32 Å². The van der Waals surface area contributed by atoms with Gasteiger partial charge in [0.05, 0.1) is 0 Å². The molecule has 0 aromatic rings. The number of nitrogens with one attached hydrogen (secondary N) is 1. The van der Waals surface area contributed by atoms with Gasteiger partial charge in [-0.15, -0.1) is 0 Å². The van der Waals surface area contributed by atoms with E-state index in [1.54, 1.807) is 0 Å². The Morgan fingerprint density at radius 3 is 1.85 bits per heavy atom. The minimum Gasteiger partial charge on any atom is -0.315 e. The maximum atomic E-state index is 3.47. The number of hydrogen-bond donors (Lipinski definition) is 1. The molecule has 0 saturated heterocycles. The van der Waals surface area contributed by atoms with Gasteiger partial charge in [-0.25, -0.2) is 0 Å². The van der Waals surface area contributed by atoms with Gasteiger partial charge in [0.15, 0.2) is 0 Å². The highest BCUT2D eigenvalue weighted by atomic mass is 14.9. The van der Waals surface area contributed by atoms with E-state index >= 15 is 0 Å². The average molecular weight is 284 g/mol. The van der Waals surface area contributed by atoms with Crippen LogP contribution in [0.5, 0.6) is 0 Å². The summed E-state index contributed by atoms with van der Waals surface area (Å²) in [4.78, 5) is 0. The first-order chi connectivity index (χ1) is 8.96. The van der Waals surface area contributed by atoms with Crippen molar-refractivity contribution in [2.24, 2.45) is 16.7 Å². The Kier molecular flexibility index (Phi) is 7.81. The molecule has 122 valence electrons. The van der Waals surface area contributed by atoms with Crippen molar-refractivity contribution in [2.75, 3.05) is 7.05 Å². The quantitative estimate of drug-likeness (QED) is 0.544. The van der Waals surface area contributed by atoms with E-state index in [4.69, 9.17) is 0 Å². The van der Waals surface area contributed by atoms with E-state index in [9.17, 15) is 0 Å². The summed E-state index contributed by atoms with van der Waals surface area (Å²) in [5.74, 6) is 0.763. The van der Waals surface area contributed by atoms with Gasteiger partial charge in [0.25, 0.3) is 0 Å². The van der Waals surface area contributed by atoms with Gasteiger partial charge in [-0.3, -0.25) is 0 Å². The van der Waals surface area contributed by atoms with Crippen LogP contribution >= 0.6 is 0 Å². The van der Waals surface area contributed by atoms with Crippen molar-refractivity contribution in [1.82, 2.24) is 5.32 Å². The van der Waals surface area contributed by atoms with Crippen LogP contribution in [-0.2, 0) is 0 Å². The normalized spacial score (nSPS) is 17.9. The molecular formula is C19H41N. The van der Waals surface area contributed by atoms with Crippen molar-refractivity contribution < 1.29 is 0 Å². The standard InChI is InChI=1S/C19H41N/c1-10-11-12-19(8,14-13-17(3,4)5)16(2)15-18(6,7)20-9/h16,20H,10-15H2,1-9H3. The van der Waals surface area contributed by atoms with Gasteiger partial charge in [-0.1, -0.05) is 54.4 Å². The molecule has 0 aromatic heterocycles. The molecule has 0 amide bonds. The van der Waals surface area contributed by atoms with Crippen molar-refractivity contribution >= 4 is 0 Å². The molecule has 0 aliphatic rings. The number of rotatable bonds is 9. The molecule has 0 saturated carbocycles. The Balaban J connectivity index is 4.82. The summed E-state index contributed by atoms with van der Waals surface area (Å²) in [7, 11) is 2.09. The minimum atomic E-state index is 0.245. The fourth-order valence-corrected chi connectivity index (χ4v) is 2.97. The van der Waals surface area contributed by atoms with Crippen molar-refractivity contribution in [3.63, 3.8) is 0 Å². The van der Waals surface area contributed by atoms with Gasteiger partial charge >= 0.3 is 0 Å². The van der Waals surface area contributed by atoms with E-state index in [-0.39, 0.29) is 5.54 Å². The second-order valence-corrected chi connectivity index (χ2v) is 9.06. The fourth-order valence-electron chi connectivity index (χ4n) is 2.97. The number of hydrogen-bond acceptors (Lipinski definition) is 1. The van der Waals surface area contributed by atoms with Crippen molar-refractivity contribution in [2.45, 2.75) is 99.5 Å². The van der Waals surface area contributed by atoms with E-state index in [2.05, 4.69) is 67.8 Å². The van der Waals surface area contributed by atoms with E-state index in [1.807, 2.05) is 0 Å². The average Bonchev–Trinajstić information content (AvgIpc) is 2.32. The molecule has 0 rings (SSSR count). The molecule has 0 aliphatic carbocycles. The fraction of sp³-hybridized carbons (Fsp3) is 1.00. The summed E-state index contributed by atoms with van der Waals surface area (Å²) in [6.07, 6.45) is 8.00. The van der Waals surface area contributed by atoms with Crippen molar-refractivity contribution in [3.8, 4) is 0 Å². The third-order valence-electron chi connectivity index (χ3n) is 5.23. The lowest BCUT2D eigenvalue weighted by Crippen LogP contribution is -2.41. The van der Waals surface area contributed by atoms with E-state index in [1.165, 1.54) is 38.5 Å². The molecule has 1 N–H and O–H groups in total. The van der Waals surface area contributed by atoms with Gasteiger partial charge in [0, 0.05) is 5.54 Å². The largest absolute Gasteiger partial charge is 0.315 e. The SMILES string of the molecule is CCCCC(C)(CCC(C)(C)C)C(C)CC(C)(C)NC. The van der Waals surface area contributed by atoms with E-state index < -0.39 is 0 Å². The minimum absolute atomic E-state index is 0.245. The second-order valence-electron chi connectivity index (χ2n) is 9.06. The Morgan fingerprint density at radius 2 is 1.45 bits per heavy atom. The van der Waals surface area contributed by atoms with E-state index in [0.29, 0.717) is 10.8 Å². The Morgan fingerprint density at radius 1 is 0.900 bits per heavy atom. The van der Waals surface area contributed by atoms with Crippen LogP contribution < -0.4 is 5.32 Å². The van der Waals surface area contributed by atoms with Crippen molar-refractivity contribution in [1.29, 1.82) is 0 Å².